The maximum absolute atomic E-state index is 11.8. The third-order valence-electron chi connectivity index (χ3n) is 4.04. The average molecular weight is 333 g/mol. The number of rotatable bonds is 6. The number of carbonyl (C=O) groups is 2. The van der Waals surface area contributed by atoms with E-state index in [2.05, 4.69) is 15.1 Å². The summed E-state index contributed by atoms with van der Waals surface area (Å²) < 4.78 is 4.76. The first-order chi connectivity index (χ1) is 11.5. The van der Waals surface area contributed by atoms with Crippen LogP contribution in [-0.2, 0) is 16.1 Å². The van der Waals surface area contributed by atoms with Crippen LogP contribution in [0.1, 0.15) is 29.8 Å². The number of hydrogen-bond acceptors (Lipinski definition) is 5. The highest BCUT2D eigenvalue weighted by atomic mass is 16.5. The number of hydrogen-bond donors (Lipinski definition) is 1. The Morgan fingerprint density at radius 3 is 2.46 bits per heavy atom. The van der Waals surface area contributed by atoms with Crippen LogP contribution >= 0.6 is 0 Å². The molecule has 24 heavy (non-hydrogen) atoms. The summed E-state index contributed by atoms with van der Waals surface area (Å²) in [6.07, 6.45) is 0. The molecular weight excluding hydrogens is 306 g/mol. The normalized spacial score (nSPS) is 16.2. The van der Waals surface area contributed by atoms with Crippen LogP contribution in [0, 0.1) is 0 Å². The molecule has 1 aromatic carbocycles. The van der Waals surface area contributed by atoms with Crippen LogP contribution in [0.15, 0.2) is 24.3 Å². The van der Waals surface area contributed by atoms with Gasteiger partial charge in [0, 0.05) is 38.8 Å². The van der Waals surface area contributed by atoms with Crippen LogP contribution in [0.25, 0.3) is 0 Å². The molecule has 1 fully saturated rings. The summed E-state index contributed by atoms with van der Waals surface area (Å²) in [5, 5.41) is 2.93. The molecule has 0 radical (unpaired) electrons. The topological polar surface area (TPSA) is 61.9 Å². The van der Waals surface area contributed by atoms with Gasteiger partial charge in [0.25, 0.3) is 0 Å². The Balaban J connectivity index is 1.81. The Morgan fingerprint density at radius 2 is 1.83 bits per heavy atom. The van der Waals surface area contributed by atoms with Gasteiger partial charge in [-0.2, -0.15) is 0 Å². The molecule has 1 saturated heterocycles. The number of ether oxygens (including phenoxy) is 1. The number of nitrogens with zero attached hydrogens (tertiary/aromatic N) is 2. The minimum absolute atomic E-state index is 0.0872. The number of esters is 1. The fourth-order valence-electron chi connectivity index (χ4n) is 2.85. The van der Waals surface area contributed by atoms with Crippen molar-refractivity contribution in [2.75, 3.05) is 39.8 Å². The zero-order chi connectivity index (χ0) is 17.5. The summed E-state index contributed by atoms with van der Waals surface area (Å²) in [7, 11) is 1.39. The fourth-order valence-corrected chi connectivity index (χ4v) is 2.85. The predicted molar refractivity (Wildman–Crippen MR) is 92.8 cm³/mol. The number of carbonyl (C=O) groups excluding carboxylic acids is 2. The molecule has 1 aliphatic heterocycles. The molecule has 0 aliphatic carbocycles. The lowest BCUT2D eigenvalue weighted by Gasteiger charge is -2.34. The summed E-state index contributed by atoms with van der Waals surface area (Å²) in [5.74, 6) is -0.220. The lowest BCUT2D eigenvalue weighted by molar-refractivity contribution is -0.123. The van der Waals surface area contributed by atoms with Crippen LogP contribution < -0.4 is 5.32 Å². The van der Waals surface area contributed by atoms with Gasteiger partial charge < -0.3 is 10.1 Å². The van der Waals surface area contributed by atoms with Gasteiger partial charge in [0.05, 0.1) is 19.2 Å². The van der Waals surface area contributed by atoms with Crippen molar-refractivity contribution in [2.45, 2.75) is 26.4 Å². The number of nitrogens with one attached hydrogen (secondary N) is 1. The molecule has 1 amide bonds. The SMILES string of the molecule is COC(=O)c1cccc(CN2CCN(CC(=O)NC(C)C)CC2)c1. The second-order valence-electron chi connectivity index (χ2n) is 6.47. The standard InChI is InChI=1S/C18H27N3O3/c1-14(2)19-17(22)13-21-9-7-20(8-10-21)12-15-5-4-6-16(11-15)18(23)24-3/h4-6,11,14H,7-10,12-13H2,1-3H3,(H,19,22). The number of methoxy groups -OCH3 is 1. The van der Waals surface area contributed by atoms with Gasteiger partial charge in [-0.1, -0.05) is 12.1 Å². The van der Waals surface area contributed by atoms with Crippen molar-refractivity contribution < 1.29 is 14.3 Å². The van der Waals surface area contributed by atoms with E-state index in [4.69, 9.17) is 4.74 Å². The van der Waals surface area contributed by atoms with Gasteiger partial charge in [-0.15, -0.1) is 0 Å². The largest absolute Gasteiger partial charge is 0.465 e. The quantitative estimate of drug-likeness (QED) is 0.791. The van der Waals surface area contributed by atoms with Crippen molar-refractivity contribution in [1.29, 1.82) is 0 Å². The van der Waals surface area contributed by atoms with E-state index in [1.807, 2.05) is 32.0 Å². The highest BCUT2D eigenvalue weighted by Crippen LogP contribution is 2.11. The first-order valence-corrected chi connectivity index (χ1v) is 8.39. The van der Waals surface area contributed by atoms with Crippen LogP contribution in [0.4, 0.5) is 0 Å². The van der Waals surface area contributed by atoms with E-state index in [9.17, 15) is 9.59 Å². The van der Waals surface area contributed by atoms with Gasteiger partial charge in [0.2, 0.25) is 5.91 Å². The van der Waals surface area contributed by atoms with Gasteiger partial charge >= 0.3 is 5.97 Å². The molecule has 132 valence electrons. The van der Waals surface area contributed by atoms with Crippen molar-refractivity contribution in [3.63, 3.8) is 0 Å². The molecule has 0 atom stereocenters. The average Bonchev–Trinajstić information content (AvgIpc) is 2.55. The van der Waals surface area contributed by atoms with Crippen LogP contribution in [0.5, 0.6) is 0 Å². The summed E-state index contributed by atoms with van der Waals surface area (Å²) in [6, 6.07) is 7.73. The Labute approximate surface area is 143 Å². The van der Waals surface area contributed by atoms with Gasteiger partial charge in [-0.05, 0) is 31.5 Å². The van der Waals surface area contributed by atoms with Gasteiger partial charge in [0.1, 0.15) is 0 Å². The number of piperazine rings is 1. The molecule has 2 rings (SSSR count). The molecule has 1 aliphatic rings. The lowest BCUT2D eigenvalue weighted by atomic mass is 10.1. The lowest BCUT2D eigenvalue weighted by Crippen LogP contribution is -2.49. The summed E-state index contributed by atoms with van der Waals surface area (Å²) >= 11 is 0. The number of benzene rings is 1. The molecule has 0 saturated carbocycles. The third kappa shape index (κ3) is 5.62. The smallest absolute Gasteiger partial charge is 0.337 e. The van der Waals surface area contributed by atoms with Gasteiger partial charge in [-0.3, -0.25) is 14.6 Å². The Kier molecular flexibility index (Phi) is 6.75. The summed E-state index contributed by atoms with van der Waals surface area (Å²) in [5.41, 5.74) is 1.68. The van der Waals surface area contributed by atoms with E-state index >= 15 is 0 Å². The van der Waals surface area contributed by atoms with E-state index in [0.717, 1.165) is 38.3 Å². The molecule has 0 spiro atoms. The first-order valence-electron chi connectivity index (χ1n) is 8.39. The zero-order valence-corrected chi connectivity index (χ0v) is 14.7. The molecule has 6 nitrogen and oxygen atoms in total. The zero-order valence-electron chi connectivity index (χ0n) is 14.7. The highest BCUT2D eigenvalue weighted by Gasteiger charge is 2.19. The van der Waals surface area contributed by atoms with Crippen molar-refractivity contribution in [3.05, 3.63) is 35.4 Å². The maximum Gasteiger partial charge on any atom is 0.337 e. The molecule has 0 unspecified atom stereocenters. The van der Waals surface area contributed by atoms with E-state index in [1.54, 1.807) is 6.07 Å². The third-order valence-corrected chi connectivity index (χ3v) is 4.04. The minimum atomic E-state index is -0.308. The highest BCUT2D eigenvalue weighted by molar-refractivity contribution is 5.89. The molecule has 1 aromatic rings. The summed E-state index contributed by atoms with van der Waals surface area (Å²) in [6.45, 7) is 8.79. The molecular formula is C18H27N3O3. The number of amides is 1. The van der Waals surface area contributed by atoms with Gasteiger partial charge in [-0.25, -0.2) is 4.79 Å². The van der Waals surface area contributed by atoms with Crippen molar-refractivity contribution in [2.24, 2.45) is 0 Å². The van der Waals surface area contributed by atoms with E-state index in [0.29, 0.717) is 12.1 Å². The molecule has 1 heterocycles. The predicted octanol–water partition coefficient (Wildman–Crippen LogP) is 1.12. The van der Waals surface area contributed by atoms with Crippen molar-refractivity contribution >= 4 is 11.9 Å². The molecule has 0 aromatic heterocycles. The molecule has 6 heteroatoms. The Hall–Kier alpha value is -1.92. The first kappa shape index (κ1) is 18.4. The maximum atomic E-state index is 11.8. The van der Waals surface area contributed by atoms with Gasteiger partial charge in [0.15, 0.2) is 0 Å². The molecule has 1 N–H and O–H groups in total. The fraction of sp³-hybridized carbons (Fsp3) is 0.556. The van der Waals surface area contributed by atoms with E-state index in [1.165, 1.54) is 7.11 Å². The second kappa shape index (κ2) is 8.80. The molecule has 0 bridgehead atoms. The Morgan fingerprint density at radius 1 is 1.17 bits per heavy atom. The minimum Gasteiger partial charge on any atom is -0.465 e. The summed E-state index contributed by atoms with van der Waals surface area (Å²) in [4.78, 5) is 27.9. The van der Waals surface area contributed by atoms with Crippen molar-refractivity contribution in [1.82, 2.24) is 15.1 Å². The van der Waals surface area contributed by atoms with Crippen LogP contribution in [0.2, 0.25) is 0 Å². The van der Waals surface area contributed by atoms with Crippen molar-refractivity contribution in [3.8, 4) is 0 Å². The van der Waals surface area contributed by atoms with E-state index < -0.39 is 0 Å². The monoisotopic (exact) mass is 333 g/mol. The Bertz CT molecular complexity index is 566. The second-order valence-corrected chi connectivity index (χ2v) is 6.47. The van der Waals surface area contributed by atoms with Crippen LogP contribution in [-0.4, -0.2) is 67.6 Å². The van der Waals surface area contributed by atoms with E-state index in [-0.39, 0.29) is 17.9 Å². The van der Waals surface area contributed by atoms with Crippen LogP contribution in [0.3, 0.4) is 0 Å².